The highest BCUT2D eigenvalue weighted by atomic mass is 79.9. The second kappa shape index (κ2) is 15.5. The van der Waals surface area contributed by atoms with Crippen molar-refractivity contribution in [2.75, 3.05) is 5.75 Å². The number of nitrogens with zero attached hydrogens (tertiary/aromatic N) is 1. The van der Waals surface area contributed by atoms with Crippen LogP contribution < -0.4 is 5.32 Å². The molecular weight excluding hydrogens is 592 g/mol. The standard InChI is InChI=1S/C32H36BrClN2O2S/c33-26-15-13-25(14-16-26)23-36(31(37)12-7-21-39-29-19-17-27(34)18-20-29)30(22-24-8-3-1-4-9-24)32(38)35-28-10-5-2-6-11-28/h1,3-4,8-9,13-20,28,30H,2,5-7,10-12,21-23H2,(H,35,38). The van der Waals surface area contributed by atoms with Crippen molar-refractivity contribution in [1.82, 2.24) is 10.2 Å². The number of halogens is 2. The van der Waals surface area contributed by atoms with Crippen LogP contribution in [0.25, 0.3) is 0 Å². The summed E-state index contributed by atoms with van der Waals surface area (Å²) in [4.78, 5) is 30.6. The molecule has 0 heterocycles. The van der Waals surface area contributed by atoms with Crippen LogP contribution in [0.2, 0.25) is 5.02 Å². The minimum absolute atomic E-state index is 0.00866. The fraction of sp³-hybridized carbons (Fsp3) is 0.375. The van der Waals surface area contributed by atoms with Gasteiger partial charge in [0, 0.05) is 39.8 Å². The molecular formula is C32H36BrClN2O2S. The maximum atomic E-state index is 13.8. The number of amides is 2. The van der Waals surface area contributed by atoms with Gasteiger partial charge in [-0.2, -0.15) is 0 Å². The average molecular weight is 628 g/mol. The average Bonchev–Trinajstić information content (AvgIpc) is 2.96. The van der Waals surface area contributed by atoms with Crippen LogP contribution >= 0.6 is 39.3 Å². The van der Waals surface area contributed by atoms with Crippen LogP contribution in [0.4, 0.5) is 0 Å². The van der Waals surface area contributed by atoms with Gasteiger partial charge in [0.05, 0.1) is 0 Å². The molecule has 0 radical (unpaired) electrons. The van der Waals surface area contributed by atoms with E-state index in [4.69, 9.17) is 11.6 Å². The molecule has 3 aromatic carbocycles. The number of benzene rings is 3. The van der Waals surface area contributed by atoms with E-state index >= 15 is 0 Å². The van der Waals surface area contributed by atoms with Gasteiger partial charge in [-0.3, -0.25) is 9.59 Å². The molecule has 1 fully saturated rings. The highest BCUT2D eigenvalue weighted by molar-refractivity contribution is 9.10. The molecule has 2 amide bonds. The van der Waals surface area contributed by atoms with Crippen LogP contribution in [0.15, 0.2) is 88.2 Å². The van der Waals surface area contributed by atoms with E-state index < -0.39 is 6.04 Å². The summed E-state index contributed by atoms with van der Waals surface area (Å²) in [6.45, 7) is 0.395. The zero-order chi connectivity index (χ0) is 27.5. The Balaban J connectivity index is 1.51. The Hall–Kier alpha value is -2.28. The molecule has 0 spiro atoms. The molecule has 1 unspecified atom stereocenters. The topological polar surface area (TPSA) is 49.4 Å². The van der Waals surface area contributed by atoms with Crippen molar-refractivity contribution in [1.29, 1.82) is 0 Å². The van der Waals surface area contributed by atoms with E-state index in [1.165, 1.54) is 6.42 Å². The highest BCUT2D eigenvalue weighted by Crippen LogP contribution is 2.24. The second-order valence-electron chi connectivity index (χ2n) is 10.1. The third-order valence-corrected chi connectivity index (χ3v) is 8.99. The predicted molar refractivity (Wildman–Crippen MR) is 165 cm³/mol. The first-order valence-electron chi connectivity index (χ1n) is 13.7. The van der Waals surface area contributed by atoms with Crippen molar-refractivity contribution < 1.29 is 9.59 Å². The summed E-state index contributed by atoms with van der Waals surface area (Å²) >= 11 is 11.2. The van der Waals surface area contributed by atoms with Crippen LogP contribution in [0, 0.1) is 0 Å². The van der Waals surface area contributed by atoms with E-state index in [1.54, 1.807) is 16.7 Å². The molecule has 7 heteroatoms. The molecule has 0 aliphatic heterocycles. The van der Waals surface area contributed by atoms with Crippen molar-refractivity contribution in [2.24, 2.45) is 0 Å². The molecule has 1 aliphatic rings. The summed E-state index contributed by atoms with van der Waals surface area (Å²) < 4.78 is 0.985. The van der Waals surface area contributed by atoms with Crippen molar-refractivity contribution >= 4 is 51.1 Å². The molecule has 0 aromatic heterocycles. The third-order valence-electron chi connectivity index (χ3n) is 7.11. The third kappa shape index (κ3) is 9.70. The number of nitrogens with one attached hydrogen (secondary N) is 1. The molecule has 0 saturated heterocycles. The van der Waals surface area contributed by atoms with Gasteiger partial charge in [-0.05, 0) is 72.5 Å². The smallest absolute Gasteiger partial charge is 0.243 e. The summed E-state index contributed by atoms with van der Waals surface area (Å²) in [5, 5.41) is 4.02. The Morgan fingerprint density at radius 1 is 0.923 bits per heavy atom. The number of hydrogen-bond donors (Lipinski definition) is 1. The predicted octanol–water partition coefficient (Wildman–Crippen LogP) is 8.06. The molecule has 1 atom stereocenters. The van der Waals surface area contributed by atoms with Crippen LogP contribution in [0.1, 0.15) is 56.1 Å². The molecule has 206 valence electrons. The van der Waals surface area contributed by atoms with E-state index in [-0.39, 0.29) is 17.9 Å². The Labute approximate surface area is 250 Å². The van der Waals surface area contributed by atoms with Crippen molar-refractivity contribution in [3.05, 3.63) is 99.5 Å². The summed E-state index contributed by atoms with van der Waals surface area (Å²) in [5.41, 5.74) is 2.05. The SMILES string of the molecule is O=C(NC1CCCCC1)C(Cc1ccccc1)N(Cc1ccc(Br)cc1)C(=O)CCCSc1ccc(Cl)cc1. The first-order valence-corrected chi connectivity index (χ1v) is 15.9. The van der Waals surface area contributed by atoms with E-state index in [2.05, 4.69) is 21.2 Å². The second-order valence-corrected chi connectivity index (χ2v) is 12.6. The van der Waals surface area contributed by atoms with Crippen LogP contribution in [0.5, 0.6) is 0 Å². The van der Waals surface area contributed by atoms with Gasteiger partial charge in [-0.15, -0.1) is 11.8 Å². The van der Waals surface area contributed by atoms with Gasteiger partial charge >= 0.3 is 0 Å². The maximum Gasteiger partial charge on any atom is 0.243 e. The number of thioether (sulfide) groups is 1. The zero-order valence-corrected chi connectivity index (χ0v) is 25.3. The van der Waals surface area contributed by atoms with Gasteiger partial charge in [0.25, 0.3) is 0 Å². The summed E-state index contributed by atoms with van der Waals surface area (Å²) in [6.07, 6.45) is 7.12. The molecule has 0 bridgehead atoms. The summed E-state index contributed by atoms with van der Waals surface area (Å²) in [6, 6.07) is 25.4. The maximum absolute atomic E-state index is 13.8. The molecule has 4 nitrogen and oxygen atoms in total. The lowest BCUT2D eigenvalue weighted by Gasteiger charge is -2.33. The van der Waals surface area contributed by atoms with Gasteiger partial charge in [0.1, 0.15) is 6.04 Å². The molecule has 4 rings (SSSR count). The highest BCUT2D eigenvalue weighted by Gasteiger charge is 2.31. The van der Waals surface area contributed by atoms with Gasteiger partial charge in [-0.1, -0.05) is 89.3 Å². The van der Waals surface area contributed by atoms with Crippen LogP contribution in [-0.2, 0) is 22.6 Å². The lowest BCUT2D eigenvalue weighted by Crippen LogP contribution is -2.52. The van der Waals surface area contributed by atoms with Crippen LogP contribution in [-0.4, -0.2) is 34.6 Å². The first-order chi connectivity index (χ1) is 19.0. The minimum atomic E-state index is -0.575. The van der Waals surface area contributed by atoms with Crippen molar-refractivity contribution in [3.8, 4) is 0 Å². The summed E-state index contributed by atoms with van der Waals surface area (Å²) in [5.74, 6) is 0.776. The van der Waals surface area contributed by atoms with E-state index in [1.807, 2.05) is 78.9 Å². The van der Waals surface area contributed by atoms with Gasteiger partial charge in [0.2, 0.25) is 11.8 Å². The zero-order valence-electron chi connectivity index (χ0n) is 22.2. The Kier molecular flexibility index (Phi) is 11.8. The van der Waals surface area contributed by atoms with E-state index in [0.717, 1.165) is 58.4 Å². The van der Waals surface area contributed by atoms with E-state index in [9.17, 15) is 9.59 Å². The number of carbonyl (C=O) groups is 2. The number of hydrogen-bond acceptors (Lipinski definition) is 3. The quantitative estimate of drug-likeness (QED) is 0.163. The van der Waals surface area contributed by atoms with Gasteiger partial charge < -0.3 is 10.2 Å². The van der Waals surface area contributed by atoms with Gasteiger partial charge in [-0.25, -0.2) is 0 Å². The number of rotatable bonds is 12. The number of carbonyl (C=O) groups excluding carboxylic acids is 2. The minimum Gasteiger partial charge on any atom is -0.352 e. The molecule has 3 aromatic rings. The normalized spacial score (nSPS) is 14.5. The van der Waals surface area contributed by atoms with Gasteiger partial charge in [0.15, 0.2) is 0 Å². The van der Waals surface area contributed by atoms with Crippen molar-refractivity contribution in [3.63, 3.8) is 0 Å². The summed E-state index contributed by atoms with van der Waals surface area (Å²) in [7, 11) is 0. The largest absolute Gasteiger partial charge is 0.352 e. The monoisotopic (exact) mass is 626 g/mol. The molecule has 1 saturated carbocycles. The molecule has 1 N–H and O–H groups in total. The lowest BCUT2D eigenvalue weighted by atomic mass is 9.94. The fourth-order valence-corrected chi connectivity index (χ4v) is 6.22. The van der Waals surface area contributed by atoms with Crippen molar-refractivity contribution in [2.45, 2.75) is 74.9 Å². The lowest BCUT2D eigenvalue weighted by molar-refractivity contribution is -0.141. The molecule has 39 heavy (non-hydrogen) atoms. The van der Waals surface area contributed by atoms with Crippen LogP contribution in [0.3, 0.4) is 0 Å². The molecule has 1 aliphatic carbocycles. The Morgan fingerprint density at radius 2 is 1.62 bits per heavy atom. The first kappa shape index (κ1) is 29.7. The van der Waals surface area contributed by atoms with E-state index in [0.29, 0.717) is 24.4 Å². The Morgan fingerprint density at radius 3 is 2.31 bits per heavy atom. The Bertz CT molecular complexity index is 1190. The fourth-order valence-electron chi connectivity index (χ4n) is 4.97.